The van der Waals surface area contributed by atoms with Crippen LogP contribution in [-0.2, 0) is 9.59 Å². The van der Waals surface area contributed by atoms with Crippen LogP contribution in [0.15, 0.2) is 12.2 Å². The Bertz CT molecular complexity index is 240. The topological polar surface area (TPSA) is 34.1 Å². The molecule has 0 unspecified atom stereocenters. The fourth-order valence-corrected chi connectivity index (χ4v) is 1.63. The normalized spacial score (nSPS) is 29.5. The fraction of sp³-hybridized carbons (Fsp3) is 0.600. The third-order valence-electron chi connectivity index (χ3n) is 2.44. The Kier molecular flexibility index (Phi) is 2.46. The van der Waals surface area contributed by atoms with E-state index in [1.807, 2.05) is 13.8 Å². The van der Waals surface area contributed by atoms with Gasteiger partial charge in [-0.3, -0.25) is 9.59 Å². The second kappa shape index (κ2) is 3.21. The van der Waals surface area contributed by atoms with Gasteiger partial charge in [0.25, 0.3) is 0 Å². The van der Waals surface area contributed by atoms with Crippen molar-refractivity contribution in [3.63, 3.8) is 0 Å². The summed E-state index contributed by atoms with van der Waals surface area (Å²) in [5, 5.41) is 0. The molecule has 1 aliphatic carbocycles. The van der Waals surface area contributed by atoms with E-state index in [0.29, 0.717) is 6.42 Å². The highest BCUT2D eigenvalue weighted by molar-refractivity contribution is 6.08. The SMILES string of the molecule is C=C(C)C[C@@H]1C(=O)CC(=O)[C@H]1C. The minimum Gasteiger partial charge on any atom is -0.299 e. The van der Waals surface area contributed by atoms with Gasteiger partial charge in [-0.2, -0.15) is 0 Å². The predicted octanol–water partition coefficient (Wildman–Crippen LogP) is 1.75. The lowest BCUT2D eigenvalue weighted by molar-refractivity contribution is -0.122. The van der Waals surface area contributed by atoms with Gasteiger partial charge >= 0.3 is 0 Å². The van der Waals surface area contributed by atoms with Crippen molar-refractivity contribution in [1.82, 2.24) is 0 Å². The summed E-state index contributed by atoms with van der Waals surface area (Å²) in [5.74, 6) is 0.00551. The van der Waals surface area contributed by atoms with Crippen LogP contribution in [0.4, 0.5) is 0 Å². The third-order valence-corrected chi connectivity index (χ3v) is 2.44. The van der Waals surface area contributed by atoms with Crippen molar-refractivity contribution >= 4 is 11.6 Å². The van der Waals surface area contributed by atoms with E-state index in [2.05, 4.69) is 6.58 Å². The number of Topliss-reactive ketones (excluding diaryl/α,β-unsaturated/α-hetero) is 2. The fourth-order valence-electron chi connectivity index (χ4n) is 1.63. The molecule has 0 saturated heterocycles. The molecule has 0 aromatic carbocycles. The molecule has 1 rings (SSSR count). The van der Waals surface area contributed by atoms with Gasteiger partial charge in [-0.15, -0.1) is 6.58 Å². The molecule has 12 heavy (non-hydrogen) atoms. The van der Waals surface area contributed by atoms with Gasteiger partial charge in [-0.1, -0.05) is 12.5 Å². The Morgan fingerprint density at radius 1 is 1.50 bits per heavy atom. The minimum atomic E-state index is -0.0887. The molecule has 0 aromatic rings. The number of ketones is 2. The molecule has 2 nitrogen and oxygen atoms in total. The predicted molar refractivity (Wildman–Crippen MR) is 46.7 cm³/mol. The Hall–Kier alpha value is -0.920. The Balaban J connectivity index is 2.70. The van der Waals surface area contributed by atoms with E-state index >= 15 is 0 Å². The largest absolute Gasteiger partial charge is 0.299 e. The van der Waals surface area contributed by atoms with Gasteiger partial charge < -0.3 is 0 Å². The molecule has 0 aliphatic heterocycles. The smallest absolute Gasteiger partial charge is 0.144 e. The number of hydrogen-bond acceptors (Lipinski definition) is 2. The van der Waals surface area contributed by atoms with Crippen LogP contribution < -0.4 is 0 Å². The monoisotopic (exact) mass is 166 g/mol. The molecule has 0 bridgehead atoms. The summed E-state index contributed by atoms with van der Waals surface area (Å²) in [5.41, 5.74) is 0.981. The molecule has 0 radical (unpaired) electrons. The van der Waals surface area contributed by atoms with E-state index < -0.39 is 0 Å². The summed E-state index contributed by atoms with van der Waals surface area (Å²) in [6, 6.07) is 0. The van der Waals surface area contributed by atoms with Crippen molar-refractivity contribution < 1.29 is 9.59 Å². The second-order valence-corrected chi connectivity index (χ2v) is 3.67. The number of allylic oxidation sites excluding steroid dienone is 1. The standard InChI is InChI=1S/C10H14O2/c1-6(2)4-8-7(3)9(11)5-10(8)12/h7-8H,1,4-5H2,2-3H3/t7-,8-/m0/s1. The van der Waals surface area contributed by atoms with Crippen LogP contribution in [-0.4, -0.2) is 11.6 Å². The van der Waals surface area contributed by atoms with Gasteiger partial charge in [-0.05, 0) is 13.3 Å². The summed E-state index contributed by atoms with van der Waals surface area (Å²) in [7, 11) is 0. The van der Waals surface area contributed by atoms with E-state index in [4.69, 9.17) is 0 Å². The first kappa shape index (κ1) is 9.17. The molecule has 1 fully saturated rings. The maximum atomic E-state index is 11.3. The van der Waals surface area contributed by atoms with Gasteiger partial charge in [-0.25, -0.2) is 0 Å². The highest BCUT2D eigenvalue weighted by atomic mass is 16.2. The highest BCUT2D eigenvalue weighted by Crippen LogP contribution is 2.29. The van der Waals surface area contributed by atoms with Crippen molar-refractivity contribution in [2.24, 2.45) is 11.8 Å². The lowest BCUT2D eigenvalue weighted by Crippen LogP contribution is -2.14. The zero-order valence-electron chi connectivity index (χ0n) is 7.59. The van der Waals surface area contributed by atoms with Gasteiger partial charge in [0, 0.05) is 11.8 Å². The van der Waals surface area contributed by atoms with Crippen molar-refractivity contribution in [3.8, 4) is 0 Å². The van der Waals surface area contributed by atoms with E-state index in [1.54, 1.807) is 0 Å². The molecule has 1 aliphatic rings. The van der Waals surface area contributed by atoms with E-state index in [0.717, 1.165) is 5.57 Å². The van der Waals surface area contributed by atoms with Crippen LogP contribution in [0.25, 0.3) is 0 Å². The van der Waals surface area contributed by atoms with Crippen LogP contribution in [0.5, 0.6) is 0 Å². The van der Waals surface area contributed by atoms with Crippen molar-refractivity contribution in [3.05, 3.63) is 12.2 Å². The van der Waals surface area contributed by atoms with Gasteiger partial charge in [0.1, 0.15) is 11.6 Å². The molecule has 66 valence electrons. The zero-order valence-corrected chi connectivity index (χ0v) is 7.59. The van der Waals surface area contributed by atoms with Crippen LogP contribution in [0.1, 0.15) is 26.7 Å². The summed E-state index contributed by atoms with van der Waals surface area (Å²) >= 11 is 0. The maximum Gasteiger partial charge on any atom is 0.144 e. The van der Waals surface area contributed by atoms with Crippen LogP contribution in [0.2, 0.25) is 0 Å². The highest BCUT2D eigenvalue weighted by Gasteiger charge is 2.37. The van der Waals surface area contributed by atoms with Crippen molar-refractivity contribution in [2.45, 2.75) is 26.7 Å². The van der Waals surface area contributed by atoms with Crippen LogP contribution in [0.3, 0.4) is 0 Å². The van der Waals surface area contributed by atoms with Crippen molar-refractivity contribution in [2.75, 3.05) is 0 Å². The molecule has 2 heteroatoms. The molecule has 0 heterocycles. The Morgan fingerprint density at radius 3 is 2.42 bits per heavy atom. The zero-order chi connectivity index (χ0) is 9.30. The maximum absolute atomic E-state index is 11.3. The average molecular weight is 166 g/mol. The lowest BCUT2D eigenvalue weighted by Gasteiger charge is -2.11. The van der Waals surface area contributed by atoms with E-state index in [-0.39, 0.29) is 29.8 Å². The second-order valence-electron chi connectivity index (χ2n) is 3.67. The summed E-state index contributed by atoms with van der Waals surface area (Å²) in [6.07, 6.45) is 0.810. The molecule has 0 spiro atoms. The number of carbonyl (C=O) groups is 2. The van der Waals surface area contributed by atoms with E-state index in [1.165, 1.54) is 0 Å². The van der Waals surface area contributed by atoms with Gasteiger partial charge in [0.15, 0.2) is 0 Å². The van der Waals surface area contributed by atoms with Gasteiger partial charge in [0.2, 0.25) is 0 Å². The molecular formula is C10H14O2. The average Bonchev–Trinajstić information content (AvgIpc) is 2.16. The minimum absolute atomic E-state index is 0.0880. The van der Waals surface area contributed by atoms with Crippen LogP contribution in [0, 0.1) is 11.8 Å². The summed E-state index contributed by atoms with van der Waals surface area (Å²) in [4.78, 5) is 22.4. The molecule has 0 N–H and O–H groups in total. The third kappa shape index (κ3) is 1.63. The van der Waals surface area contributed by atoms with Crippen LogP contribution >= 0.6 is 0 Å². The first-order chi connectivity index (χ1) is 5.52. The summed E-state index contributed by atoms with van der Waals surface area (Å²) in [6.45, 7) is 7.47. The quantitative estimate of drug-likeness (QED) is 0.462. The number of carbonyl (C=O) groups excluding carboxylic acids is 2. The lowest BCUT2D eigenvalue weighted by atomic mass is 9.91. The first-order valence-corrected chi connectivity index (χ1v) is 4.22. The number of rotatable bonds is 2. The van der Waals surface area contributed by atoms with E-state index in [9.17, 15) is 9.59 Å². The first-order valence-electron chi connectivity index (χ1n) is 4.22. The molecule has 1 saturated carbocycles. The van der Waals surface area contributed by atoms with Gasteiger partial charge in [0.05, 0.1) is 6.42 Å². The Labute approximate surface area is 72.7 Å². The molecule has 0 aromatic heterocycles. The number of hydrogen-bond donors (Lipinski definition) is 0. The Morgan fingerprint density at radius 2 is 2.08 bits per heavy atom. The summed E-state index contributed by atoms with van der Waals surface area (Å²) < 4.78 is 0. The molecule has 0 amide bonds. The molecular weight excluding hydrogens is 152 g/mol. The molecule has 2 atom stereocenters. The van der Waals surface area contributed by atoms with Crippen molar-refractivity contribution in [1.29, 1.82) is 0 Å².